The molecule has 0 bridgehead atoms. The highest BCUT2D eigenvalue weighted by atomic mass is 16.5. The number of nitrogens with two attached hydrogens (primary N) is 1. The Balaban J connectivity index is 2.03. The molecular formula is C19H24N2O3. The van der Waals surface area contributed by atoms with E-state index in [1.54, 1.807) is 0 Å². The first-order valence-corrected chi connectivity index (χ1v) is 7.89. The highest BCUT2D eigenvalue weighted by Gasteiger charge is 2.14. The molecule has 2 rings (SSSR count). The van der Waals surface area contributed by atoms with Crippen LogP contribution < -0.4 is 15.8 Å². The number of methoxy groups -OCH3 is 1. The summed E-state index contributed by atoms with van der Waals surface area (Å²) in [6.45, 7) is 4.10. The summed E-state index contributed by atoms with van der Waals surface area (Å²) in [4.78, 5) is 12.0. The van der Waals surface area contributed by atoms with Crippen molar-refractivity contribution in [3.63, 3.8) is 0 Å². The molecule has 0 saturated heterocycles. The molecule has 0 aliphatic heterocycles. The number of anilines is 1. The molecular weight excluding hydrogens is 304 g/mol. The van der Waals surface area contributed by atoms with Crippen molar-refractivity contribution in [2.24, 2.45) is 5.73 Å². The highest BCUT2D eigenvalue weighted by molar-refractivity contribution is 5.95. The van der Waals surface area contributed by atoms with Crippen molar-refractivity contribution in [3.8, 4) is 5.75 Å². The van der Waals surface area contributed by atoms with Crippen LogP contribution in [0, 0.1) is 6.92 Å². The van der Waals surface area contributed by atoms with Gasteiger partial charge in [0.05, 0.1) is 6.61 Å². The molecule has 5 heteroatoms. The monoisotopic (exact) mass is 328 g/mol. The summed E-state index contributed by atoms with van der Waals surface area (Å²) < 4.78 is 10.9. The number of benzene rings is 2. The van der Waals surface area contributed by atoms with Crippen LogP contribution in [0.3, 0.4) is 0 Å². The average Bonchev–Trinajstić information content (AvgIpc) is 2.58. The van der Waals surface area contributed by atoms with Gasteiger partial charge < -0.3 is 20.5 Å². The van der Waals surface area contributed by atoms with Gasteiger partial charge in [-0.15, -0.1) is 0 Å². The van der Waals surface area contributed by atoms with E-state index in [4.69, 9.17) is 15.2 Å². The van der Waals surface area contributed by atoms with Crippen LogP contribution in [-0.4, -0.2) is 25.7 Å². The Hall–Kier alpha value is -2.37. The second-order valence-electron chi connectivity index (χ2n) is 5.70. The fourth-order valence-corrected chi connectivity index (χ4v) is 2.33. The molecule has 0 aliphatic rings. The molecule has 0 saturated carbocycles. The third kappa shape index (κ3) is 4.81. The minimum atomic E-state index is -0.691. The number of hydrogen-bond acceptors (Lipinski definition) is 4. The lowest BCUT2D eigenvalue weighted by atomic mass is 10.1. The number of carbonyl (C=O) groups is 1. The molecule has 24 heavy (non-hydrogen) atoms. The largest absolute Gasteiger partial charge is 0.486 e. The van der Waals surface area contributed by atoms with Crippen molar-refractivity contribution >= 4 is 11.6 Å². The van der Waals surface area contributed by atoms with E-state index in [-0.39, 0.29) is 18.6 Å². The summed E-state index contributed by atoms with van der Waals surface area (Å²) in [5.74, 6) is 0.481. The molecule has 2 aromatic rings. The predicted molar refractivity (Wildman–Crippen MR) is 95.1 cm³/mol. The van der Waals surface area contributed by atoms with Crippen molar-refractivity contribution in [1.82, 2.24) is 0 Å². The van der Waals surface area contributed by atoms with E-state index >= 15 is 0 Å². The van der Waals surface area contributed by atoms with Crippen molar-refractivity contribution in [2.45, 2.75) is 26.0 Å². The van der Waals surface area contributed by atoms with Crippen LogP contribution in [0.1, 0.15) is 24.2 Å². The van der Waals surface area contributed by atoms with Gasteiger partial charge in [-0.25, -0.2) is 0 Å². The summed E-state index contributed by atoms with van der Waals surface area (Å²) in [5.41, 5.74) is 8.46. The second-order valence-corrected chi connectivity index (χ2v) is 5.70. The van der Waals surface area contributed by atoms with Gasteiger partial charge >= 0.3 is 0 Å². The minimum absolute atomic E-state index is 0.0545. The van der Waals surface area contributed by atoms with Crippen LogP contribution in [0.15, 0.2) is 48.5 Å². The number of rotatable bonds is 7. The minimum Gasteiger partial charge on any atom is -0.486 e. The summed E-state index contributed by atoms with van der Waals surface area (Å²) >= 11 is 0. The Morgan fingerprint density at radius 3 is 2.54 bits per heavy atom. The van der Waals surface area contributed by atoms with Gasteiger partial charge in [-0.2, -0.15) is 0 Å². The van der Waals surface area contributed by atoms with Crippen molar-refractivity contribution in [1.29, 1.82) is 0 Å². The number of carbonyl (C=O) groups excluding carboxylic acids is 1. The van der Waals surface area contributed by atoms with E-state index in [0.717, 1.165) is 16.9 Å². The number of nitrogens with one attached hydrogen (secondary N) is 1. The van der Waals surface area contributed by atoms with Crippen molar-refractivity contribution in [3.05, 3.63) is 59.7 Å². The number of aryl methyl sites for hydroxylation is 1. The molecule has 2 aromatic carbocycles. The maximum absolute atomic E-state index is 12.0. The van der Waals surface area contributed by atoms with Gasteiger partial charge in [0, 0.05) is 12.8 Å². The zero-order valence-electron chi connectivity index (χ0n) is 14.3. The summed E-state index contributed by atoms with van der Waals surface area (Å²) in [6.07, 6.45) is -0.0545. The molecule has 0 aromatic heterocycles. The maximum Gasteiger partial charge on any atom is 0.243 e. The van der Waals surface area contributed by atoms with E-state index < -0.39 is 6.04 Å². The lowest BCUT2D eigenvalue weighted by Gasteiger charge is -2.17. The molecule has 128 valence electrons. The Kier molecular flexibility index (Phi) is 6.35. The van der Waals surface area contributed by atoms with Crippen LogP contribution in [0.25, 0.3) is 0 Å². The Labute approximate surface area is 142 Å². The highest BCUT2D eigenvalue weighted by Crippen LogP contribution is 2.26. The Bertz CT molecular complexity index is 674. The van der Waals surface area contributed by atoms with Crippen LogP contribution in [0.5, 0.6) is 5.75 Å². The van der Waals surface area contributed by atoms with E-state index in [2.05, 4.69) is 5.32 Å². The first-order valence-electron chi connectivity index (χ1n) is 7.89. The third-order valence-electron chi connectivity index (χ3n) is 3.72. The summed E-state index contributed by atoms with van der Waals surface area (Å²) in [6, 6.07) is 14.9. The van der Waals surface area contributed by atoms with Gasteiger partial charge in [-0.3, -0.25) is 4.79 Å². The Morgan fingerprint density at radius 1 is 1.21 bits per heavy atom. The number of amides is 1. The van der Waals surface area contributed by atoms with E-state index in [0.29, 0.717) is 5.69 Å². The standard InChI is InChI=1S/C19H24N2O3/c1-13-11-16(24-14(2)15-7-5-4-6-8-15)9-10-18(13)21-19(22)17(20)12-23-3/h4-11,14,17H,12,20H2,1-3H3,(H,21,22). The van der Waals surface area contributed by atoms with Crippen LogP contribution in [-0.2, 0) is 9.53 Å². The summed E-state index contributed by atoms with van der Waals surface area (Å²) in [7, 11) is 1.51. The molecule has 3 N–H and O–H groups in total. The molecule has 5 nitrogen and oxygen atoms in total. The normalized spacial score (nSPS) is 13.2. The fourth-order valence-electron chi connectivity index (χ4n) is 2.33. The third-order valence-corrected chi connectivity index (χ3v) is 3.72. The van der Waals surface area contributed by atoms with Crippen molar-refractivity contribution < 1.29 is 14.3 Å². The van der Waals surface area contributed by atoms with Gasteiger partial charge in [-0.1, -0.05) is 30.3 Å². The van der Waals surface area contributed by atoms with Gasteiger partial charge in [0.1, 0.15) is 17.9 Å². The quantitative estimate of drug-likeness (QED) is 0.819. The van der Waals surface area contributed by atoms with E-state index in [1.807, 2.05) is 62.4 Å². The summed E-state index contributed by atoms with van der Waals surface area (Å²) in [5, 5.41) is 2.81. The van der Waals surface area contributed by atoms with Gasteiger partial charge in [0.15, 0.2) is 0 Å². The second kappa shape index (κ2) is 8.47. The van der Waals surface area contributed by atoms with Crippen molar-refractivity contribution in [2.75, 3.05) is 19.0 Å². The molecule has 0 aliphatic carbocycles. The number of hydrogen-bond donors (Lipinski definition) is 2. The van der Waals surface area contributed by atoms with Gasteiger partial charge in [0.2, 0.25) is 5.91 Å². The zero-order valence-corrected chi connectivity index (χ0v) is 14.3. The lowest BCUT2D eigenvalue weighted by molar-refractivity contribution is -0.118. The topological polar surface area (TPSA) is 73.6 Å². The molecule has 0 fully saturated rings. The maximum atomic E-state index is 12.0. The first-order chi connectivity index (χ1) is 11.5. The van der Waals surface area contributed by atoms with Gasteiger partial charge in [0.25, 0.3) is 0 Å². The molecule has 0 heterocycles. The lowest BCUT2D eigenvalue weighted by Crippen LogP contribution is -2.39. The van der Waals surface area contributed by atoms with Gasteiger partial charge in [-0.05, 0) is 43.2 Å². The first kappa shape index (κ1) is 18.0. The molecule has 2 atom stereocenters. The van der Waals surface area contributed by atoms with E-state index in [9.17, 15) is 4.79 Å². The predicted octanol–water partition coefficient (Wildman–Crippen LogP) is 3.05. The molecule has 1 amide bonds. The molecule has 0 radical (unpaired) electrons. The molecule has 2 unspecified atom stereocenters. The van der Waals surface area contributed by atoms with E-state index in [1.165, 1.54) is 7.11 Å². The molecule has 0 spiro atoms. The SMILES string of the molecule is COCC(N)C(=O)Nc1ccc(OC(C)c2ccccc2)cc1C. The average molecular weight is 328 g/mol. The fraction of sp³-hybridized carbons (Fsp3) is 0.316. The van der Waals surface area contributed by atoms with Crippen LogP contribution >= 0.6 is 0 Å². The number of ether oxygens (including phenoxy) is 2. The zero-order chi connectivity index (χ0) is 17.5. The van der Waals surface area contributed by atoms with Crippen LogP contribution in [0.2, 0.25) is 0 Å². The van der Waals surface area contributed by atoms with Crippen LogP contribution in [0.4, 0.5) is 5.69 Å². The smallest absolute Gasteiger partial charge is 0.243 e. The Morgan fingerprint density at radius 2 is 1.92 bits per heavy atom.